The van der Waals surface area contributed by atoms with Gasteiger partial charge in [-0.25, -0.2) is 4.79 Å². The molecular weight excluding hydrogens is 414 g/mol. The number of nitrogens with zero attached hydrogens (tertiary/aromatic N) is 2. The van der Waals surface area contributed by atoms with Gasteiger partial charge in [-0.2, -0.15) is 0 Å². The van der Waals surface area contributed by atoms with Crippen LogP contribution in [0.2, 0.25) is 0 Å². The van der Waals surface area contributed by atoms with Crippen LogP contribution in [0.3, 0.4) is 0 Å². The van der Waals surface area contributed by atoms with Crippen LogP contribution in [0.4, 0.5) is 0 Å². The van der Waals surface area contributed by atoms with Gasteiger partial charge in [0.15, 0.2) is 0 Å². The molecule has 1 amide bonds. The smallest absolute Gasteiger partial charge is 0.326 e. The number of amides is 1. The molecule has 1 aromatic heterocycles. The number of fused-ring (bicyclic) bond motifs is 1. The summed E-state index contributed by atoms with van der Waals surface area (Å²) >= 11 is 0. The number of carboxylic acid groups (broad SMARTS) is 1. The van der Waals surface area contributed by atoms with Crippen LogP contribution in [0, 0.1) is 5.92 Å². The van der Waals surface area contributed by atoms with Crippen LogP contribution in [0.15, 0.2) is 42.5 Å². The minimum absolute atomic E-state index is 0.336. The van der Waals surface area contributed by atoms with Crippen LogP contribution in [-0.4, -0.2) is 52.5 Å². The summed E-state index contributed by atoms with van der Waals surface area (Å²) in [5.41, 5.74) is 4.43. The lowest BCUT2D eigenvalue weighted by molar-refractivity contribution is -0.139. The molecule has 1 unspecified atom stereocenters. The van der Waals surface area contributed by atoms with E-state index in [4.69, 9.17) is 4.98 Å². The molecule has 2 N–H and O–H groups in total. The van der Waals surface area contributed by atoms with Crippen molar-refractivity contribution in [2.75, 3.05) is 19.6 Å². The molecule has 1 aliphatic carbocycles. The Kier molecular flexibility index (Phi) is 8.10. The molecule has 6 heteroatoms. The van der Waals surface area contributed by atoms with E-state index in [2.05, 4.69) is 22.3 Å². The molecule has 4 rings (SSSR count). The van der Waals surface area contributed by atoms with E-state index < -0.39 is 12.0 Å². The van der Waals surface area contributed by atoms with E-state index in [1.54, 1.807) is 24.3 Å². The number of aryl methyl sites for hydroxylation is 3. The first kappa shape index (κ1) is 23.4. The highest BCUT2D eigenvalue weighted by atomic mass is 16.4. The molecule has 1 aliphatic heterocycles. The van der Waals surface area contributed by atoms with Crippen molar-refractivity contribution in [3.8, 4) is 0 Å². The average Bonchev–Trinajstić information content (AvgIpc) is 2.85. The Balaban J connectivity index is 1.24. The number of benzene rings is 1. The number of aliphatic carboxylic acids is 1. The summed E-state index contributed by atoms with van der Waals surface area (Å²) in [7, 11) is 0. The van der Waals surface area contributed by atoms with Gasteiger partial charge < -0.3 is 15.3 Å². The van der Waals surface area contributed by atoms with Gasteiger partial charge in [0, 0.05) is 30.0 Å². The van der Waals surface area contributed by atoms with Gasteiger partial charge >= 0.3 is 5.97 Å². The zero-order valence-corrected chi connectivity index (χ0v) is 19.3. The van der Waals surface area contributed by atoms with E-state index in [0.29, 0.717) is 24.4 Å². The lowest BCUT2D eigenvalue weighted by Gasteiger charge is -2.33. The Morgan fingerprint density at radius 3 is 2.73 bits per heavy atom. The maximum atomic E-state index is 12.4. The number of rotatable bonds is 9. The van der Waals surface area contributed by atoms with Crippen molar-refractivity contribution in [2.24, 2.45) is 5.92 Å². The van der Waals surface area contributed by atoms with Crippen molar-refractivity contribution in [3.63, 3.8) is 0 Å². The number of hydrogen-bond donors (Lipinski definition) is 2. The van der Waals surface area contributed by atoms with Crippen LogP contribution < -0.4 is 5.32 Å². The molecular formula is C27H35N3O3. The number of likely N-dealkylation sites (tertiary alicyclic amines) is 1. The molecule has 0 spiro atoms. The number of carbonyl (C=O) groups excluding carboxylic acids is 1. The summed E-state index contributed by atoms with van der Waals surface area (Å²) in [6.45, 7) is 2.66. The minimum atomic E-state index is -0.980. The molecule has 2 aliphatic rings. The summed E-state index contributed by atoms with van der Waals surface area (Å²) in [5, 5.41) is 12.3. The summed E-state index contributed by atoms with van der Waals surface area (Å²) < 4.78 is 0. The number of hydrogen-bond acceptors (Lipinski definition) is 4. The first-order valence-corrected chi connectivity index (χ1v) is 12.4. The standard InChI is InChI=1S/C27H35N3O3/c31-26(22-9-2-1-3-10-22)29-25(27(32)33)16-18-30-17-6-7-20(19-30)12-14-23-15-13-21-8-4-5-11-24(21)28-23/h1-3,9-10,13,15,20,25H,4-8,11-12,14,16-19H2,(H,29,31)(H,32,33)/t20?,25-/m0/s1. The van der Waals surface area contributed by atoms with Crippen LogP contribution in [0.1, 0.15) is 65.8 Å². The third-order valence-corrected chi connectivity index (χ3v) is 7.02. The van der Waals surface area contributed by atoms with Crippen molar-refractivity contribution in [3.05, 3.63) is 65.0 Å². The van der Waals surface area contributed by atoms with E-state index in [9.17, 15) is 14.7 Å². The number of nitrogens with one attached hydrogen (secondary N) is 1. The molecule has 33 heavy (non-hydrogen) atoms. The third-order valence-electron chi connectivity index (χ3n) is 7.02. The topological polar surface area (TPSA) is 82.5 Å². The molecule has 2 heterocycles. The second-order valence-electron chi connectivity index (χ2n) is 9.48. The van der Waals surface area contributed by atoms with Gasteiger partial charge in [-0.1, -0.05) is 24.3 Å². The van der Waals surface area contributed by atoms with Gasteiger partial charge in [0.05, 0.1) is 0 Å². The van der Waals surface area contributed by atoms with Gasteiger partial charge in [-0.05, 0) is 94.0 Å². The number of piperidine rings is 1. The van der Waals surface area contributed by atoms with Gasteiger partial charge in [-0.15, -0.1) is 0 Å². The molecule has 176 valence electrons. The number of carboxylic acids is 1. The highest BCUT2D eigenvalue weighted by Gasteiger charge is 2.24. The van der Waals surface area contributed by atoms with Crippen LogP contribution >= 0.6 is 0 Å². The summed E-state index contributed by atoms with van der Waals surface area (Å²) in [5.74, 6) is -0.706. The Morgan fingerprint density at radius 2 is 1.91 bits per heavy atom. The third kappa shape index (κ3) is 6.64. The Labute approximate surface area is 196 Å². The number of pyridine rings is 1. The number of carbonyl (C=O) groups is 2. The second kappa shape index (κ2) is 11.4. The van der Waals surface area contributed by atoms with E-state index in [0.717, 1.165) is 38.8 Å². The average molecular weight is 450 g/mol. The maximum absolute atomic E-state index is 12.4. The predicted molar refractivity (Wildman–Crippen MR) is 128 cm³/mol. The quantitative estimate of drug-likeness (QED) is 0.607. The van der Waals surface area contributed by atoms with Crippen molar-refractivity contribution in [1.82, 2.24) is 15.2 Å². The Morgan fingerprint density at radius 1 is 1.09 bits per heavy atom. The zero-order chi connectivity index (χ0) is 23.0. The van der Waals surface area contributed by atoms with Crippen molar-refractivity contribution >= 4 is 11.9 Å². The molecule has 2 aromatic rings. The van der Waals surface area contributed by atoms with Crippen molar-refractivity contribution in [2.45, 2.75) is 63.8 Å². The lowest BCUT2D eigenvalue weighted by Crippen LogP contribution is -2.44. The first-order chi connectivity index (χ1) is 16.1. The SMILES string of the molecule is O=C(N[C@@H](CCN1CCCC(CCc2ccc3c(n2)CCCC3)C1)C(=O)O)c1ccccc1. The zero-order valence-electron chi connectivity index (χ0n) is 19.3. The fraction of sp³-hybridized carbons (Fsp3) is 0.519. The summed E-state index contributed by atoms with van der Waals surface area (Å²) in [4.78, 5) is 31.4. The monoisotopic (exact) mass is 449 g/mol. The van der Waals surface area contributed by atoms with E-state index >= 15 is 0 Å². The highest BCUT2D eigenvalue weighted by Crippen LogP contribution is 2.24. The fourth-order valence-corrected chi connectivity index (χ4v) is 5.11. The second-order valence-corrected chi connectivity index (χ2v) is 9.48. The Hall–Kier alpha value is -2.73. The van der Waals surface area contributed by atoms with Crippen LogP contribution in [-0.2, 0) is 24.1 Å². The van der Waals surface area contributed by atoms with E-state index in [-0.39, 0.29) is 5.91 Å². The molecule has 2 atom stereocenters. The van der Waals surface area contributed by atoms with Gasteiger partial charge in [-0.3, -0.25) is 9.78 Å². The van der Waals surface area contributed by atoms with Crippen LogP contribution in [0.25, 0.3) is 0 Å². The molecule has 0 saturated carbocycles. The van der Waals surface area contributed by atoms with Gasteiger partial charge in [0.25, 0.3) is 5.91 Å². The normalized spacial score (nSPS) is 19.5. The molecule has 6 nitrogen and oxygen atoms in total. The highest BCUT2D eigenvalue weighted by molar-refractivity contribution is 5.96. The van der Waals surface area contributed by atoms with Crippen molar-refractivity contribution < 1.29 is 14.7 Å². The van der Waals surface area contributed by atoms with Gasteiger partial charge in [0.1, 0.15) is 6.04 Å². The molecule has 0 bridgehead atoms. The summed E-state index contributed by atoms with van der Waals surface area (Å²) in [6.07, 6.45) is 9.72. The Bertz CT molecular complexity index is 947. The first-order valence-electron chi connectivity index (χ1n) is 12.4. The largest absolute Gasteiger partial charge is 0.480 e. The van der Waals surface area contributed by atoms with E-state index in [1.165, 1.54) is 42.6 Å². The lowest BCUT2D eigenvalue weighted by atomic mass is 9.91. The molecule has 0 radical (unpaired) electrons. The minimum Gasteiger partial charge on any atom is -0.480 e. The van der Waals surface area contributed by atoms with E-state index in [1.807, 2.05) is 6.07 Å². The molecule has 1 saturated heterocycles. The molecule has 1 fully saturated rings. The number of aromatic nitrogens is 1. The predicted octanol–water partition coefficient (Wildman–Crippen LogP) is 3.88. The molecule has 1 aromatic carbocycles. The summed E-state index contributed by atoms with van der Waals surface area (Å²) in [6, 6.07) is 12.4. The van der Waals surface area contributed by atoms with Crippen LogP contribution in [0.5, 0.6) is 0 Å². The maximum Gasteiger partial charge on any atom is 0.326 e. The van der Waals surface area contributed by atoms with Crippen molar-refractivity contribution in [1.29, 1.82) is 0 Å². The van der Waals surface area contributed by atoms with Gasteiger partial charge in [0.2, 0.25) is 0 Å². The fourth-order valence-electron chi connectivity index (χ4n) is 5.11.